The van der Waals surface area contributed by atoms with Crippen LogP contribution in [0, 0.1) is 11.7 Å². The van der Waals surface area contributed by atoms with Crippen molar-refractivity contribution in [3.63, 3.8) is 0 Å². The van der Waals surface area contributed by atoms with Crippen molar-refractivity contribution in [1.82, 2.24) is 10.2 Å². The minimum Gasteiger partial charge on any atom is -0.300 e. The molecule has 1 heterocycles. The van der Waals surface area contributed by atoms with Crippen molar-refractivity contribution in [1.29, 1.82) is 0 Å². The summed E-state index contributed by atoms with van der Waals surface area (Å²) in [5.41, 5.74) is 1.02. The lowest BCUT2D eigenvalue weighted by atomic mass is 9.99. The zero-order valence-electron chi connectivity index (χ0n) is 13.9. The van der Waals surface area contributed by atoms with Crippen molar-refractivity contribution in [3.8, 4) is 0 Å². The number of amides is 1. The molecule has 1 amide bonds. The minimum absolute atomic E-state index is 0.0252. The van der Waals surface area contributed by atoms with Crippen LogP contribution in [0.3, 0.4) is 0 Å². The number of hydrogen-bond acceptors (Lipinski definition) is 5. The highest BCUT2D eigenvalue weighted by atomic mass is 32.2. The number of unbranched alkanes of at least 4 members (excludes halogenated alkanes) is 1. The van der Waals surface area contributed by atoms with E-state index in [-0.39, 0.29) is 17.6 Å². The summed E-state index contributed by atoms with van der Waals surface area (Å²) in [6, 6.07) is 6.41. The predicted octanol–water partition coefficient (Wildman–Crippen LogP) is 5.12. The van der Waals surface area contributed by atoms with Gasteiger partial charge in [-0.15, -0.1) is 10.2 Å². The highest BCUT2D eigenvalue weighted by Crippen LogP contribution is 2.29. The van der Waals surface area contributed by atoms with Gasteiger partial charge in [0.15, 0.2) is 4.34 Å². The van der Waals surface area contributed by atoms with Gasteiger partial charge >= 0.3 is 0 Å². The average molecular weight is 368 g/mol. The number of halogens is 1. The monoisotopic (exact) mass is 367 g/mol. The zero-order valence-corrected chi connectivity index (χ0v) is 15.6. The first-order valence-corrected chi connectivity index (χ1v) is 9.94. The van der Waals surface area contributed by atoms with E-state index in [1.807, 2.05) is 6.92 Å². The maximum Gasteiger partial charge on any atom is 0.229 e. The zero-order chi connectivity index (χ0) is 17.4. The number of nitrogens with zero attached hydrogens (tertiary/aromatic N) is 2. The molecule has 0 fully saturated rings. The maximum absolute atomic E-state index is 12.9. The molecule has 1 unspecified atom stereocenters. The molecule has 1 atom stereocenters. The minimum atomic E-state index is -0.238. The molecule has 130 valence electrons. The van der Waals surface area contributed by atoms with Crippen molar-refractivity contribution in [3.05, 3.63) is 35.6 Å². The smallest absolute Gasteiger partial charge is 0.229 e. The number of anilines is 1. The molecule has 7 heteroatoms. The first-order valence-electron chi connectivity index (χ1n) is 8.14. The number of carbonyl (C=O) groups excluding carboxylic acids is 1. The van der Waals surface area contributed by atoms with E-state index in [9.17, 15) is 9.18 Å². The number of benzene rings is 1. The summed E-state index contributed by atoms with van der Waals surface area (Å²) in [5.74, 6) is 0.510. The molecule has 1 aromatic carbocycles. The highest BCUT2D eigenvalue weighted by molar-refractivity contribution is 8.00. The van der Waals surface area contributed by atoms with Gasteiger partial charge in [0, 0.05) is 11.7 Å². The van der Waals surface area contributed by atoms with Crippen molar-refractivity contribution >= 4 is 34.1 Å². The molecule has 0 aliphatic heterocycles. The SMILES string of the molecule is CCCCC(CC)C(=O)Nc1nnc(SCc2ccc(F)cc2)s1. The second-order valence-corrected chi connectivity index (χ2v) is 7.72. The van der Waals surface area contributed by atoms with Crippen LogP contribution < -0.4 is 5.32 Å². The predicted molar refractivity (Wildman–Crippen MR) is 97.8 cm³/mol. The van der Waals surface area contributed by atoms with Crippen molar-refractivity contribution in [2.45, 2.75) is 49.6 Å². The Labute approximate surface area is 150 Å². The fourth-order valence-corrected chi connectivity index (χ4v) is 3.93. The van der Waals surface area contributed by atoms with Gasteiger partial charge in [0.25, 0.3) is 0 Å². The Bertz CT molecular complexity index is 646. The molecule has 1 N–H and O–H groups in total. The van der Waals surface area contributed by atoms with E-state index in [2.05, 4.69) is 22.4 Å². The van der Waals surface area contributed by atoms with Crippen LogP contribution in [0.4, 0.5) is 9.52 Å². The van der Waals surface area contributed by atoms with Crippen LogP contribution in [0.2, 0.25) is 0 Å². The lowest BCUT2D eigenvalue weighted by molar-refractivity contribution is -0.120. The lowest BCUT2D eigenvalue weighted by Crippen LogP contribution is -2.22. The summed E-state index contributed by atoms with van der Waals surface area (Å²) in [5, 5.41) is 11.5. The van der Waals surface area contributed by atoms with E-state index in [0.29, 0.717) is 10.9 Å². The molecule has 0 saturated carbocycles. The average Bonchev–Trinajstić information content (AvgIpc) is 3.02. The van der Waals surface area contributed by atoms with Gasteiger partial charge < -0.3 is 5.32 Å². The van der Waals surface area contributed by atoms with Gasteiger partial charge in [-0.1, -0.05) is 61.9 Å². The molecule has 2 rings (SSSR count). The van der Waals surface area contributed by atoms with Crippen LogP contribution in [0.5, 0.6) is 0 Å². The number of thioether (sulfide) groups is 1. The summed E-state index contributed by atoms with van der Waals surface area (Å²) in [6.07, 6.45) is 3.88. The van der Waals surface area contributed by atoms with E-state index < -0.39 is 0 Å². The first-order chi connectivity index (χ1) is 11.6. The molecule has 0 aliphatic carbocycles. The van der Waals surface area contributed by atoms with Gasteiger partial charge in [-0.2, -0.15) is 0 Å². The topological polar surface area (TPSA) is 54.9 Å². The molecule has 0 spiro atoms. The van der Waals surface area contributed by atoms with E-state index >= 15 is 0 Å². The molecule has 2 aromatic rings. The summed E-state index contributed by atoms with van der Waals surface area (Å²) in [6.45, 7) is 4.16. The second kappa shape index (κ2) is 9.74. The van der Waals surface area contributed by atoms with Gasteiger partial charge in [0.2, 0.25) is 11.0 Å². The lowest BCUT2D eigenvalue weighted by Gasteiger charge is -2.12. The Kier molecular flexibility index (Phi) is 7.65. The molecule has 0 radical (unpaired) electrons. The molecular weight excluding hydrogens is 345 g/mol. The van der Waals surface area contributed by atoms with Crippen LogP contribution >= 0.6 is 23.1 Å². The number of nitrogens with one attached hydrogen (secondary N) is 1. The second-order valence-electron chi connectivity index (χ2n) is 5.52. The first kappa shape index (κ1) is 18.9. The number of hydrogen-bond donors (Lipinski definition) is 1. The van der Waals surface area contributed by atoms with Crippen molar-refractivity contribution < 1.29 is 9.18 Å². The maximum atomic E-state index is 12.9. The standard InChI is InChI=1S/C17H22FN3OS2/c1-3-5-6-13(4-2)15(22)19-16-20-21-17(24-16)23-11-12-7-9-14(18)10-8-12/h7-10,13H,3-6,11H2,1-2H3,(H,19,20,22). The third-order valence-corrected chi connectivity index (χ3v) is 5.73. The van der Waals surface area contributed by atoms with Crippen LogP contribution in [-0.4, -0.2) is 16.1 Å². The number of aromatic nitrogens is 2. The quantitative estimate of drug-likeness (QED) is 0.493. The van der Waals surface area contributed by atoms with Gasteiger partial charge in [-0.3, -0.25) is 4.79 Å². The Hall–Kier alpha value is -1.47. The van der Waals surface area contributed by atoms with E-state index in [1.54, 1.807) is 12.1 Å². The third kappa shape index (κ3) is 5.87. The van der Waals surface area contributed by atoms with Gasteiger partial charge in [0.05, 0.1) is 0 Å². The Morgan fingerprint density at radius 3 is 2.71 bits per heavy atom. The van der Waals surface area contributed by atoms with E-state index in [1.165, 1.54) is 35.2 Å². The third-order valence-electron chi connectivity index (χ3n) is 3.68. The number of rotatable bonds is 9. The van der Waals surface area contributed by atoms with Crippen LogP contribution in [0.25, 0.3) is 0 Å². The van der Waals surface area contributed by atoms with Crippen molar-refractivity contribution in [2.24, 2.45) is 5.92 Å². The van der Waals surface area contributed by atoms with E-state index in [4.69, 9.17) is 0 Å². The van der Waals surface area contributed by atoms with Gasteiger partial charge in [0.1, 0.15) is 5.82 Å². The van der Waals surface area contributed by atoms with E-state index in [0.717, 1.165) is 35.6 Å². The summed E-state index contributed by atoms with van der Waals surface area (Å²) in [4.78, 5) is 12.3. The molecule has 0 bridgehead atoms. The van der Waals surface area contributed by atoms with Crippen LogP contribution in [-0.2, 0) is 10.5 Å². The normalized spacial score (nSPS) is 12.1. The van der Waals surface area contributed by atoms with Gasteiger partial charge in [-0.25, -0.2) is 4.39 Å². The Morgan fingerprint density at radius 2 is 2.04 bits per heavy atom. The number of carbonyl (C=O) groups is 1. The fraction of sp³-hybridized carbons (Fsp3) is 0.471. The van der Waals surface area contributed by atoms with Gasteiger partial charge in [-0.05, 0) is 30.5 Å². The molecule has 1 aromatic heterocycles. The molecule has 4 nitrogen and oxygen atoms in total. The molecule has 24 heavy (non-hydrogen) atoms. The van der Waals surface area contributed by atoms with Crippen LogP contribution in [0.1, 0.15) is 45.1 Å². The summed E-state index contributed by atoms with van der Waals surface area (Å²) < 4.78 is 13.7. The summed E-state index contributed by atoms with van der Waals surface area (Å²) in [7, 11) is 0. The fourth-order valence-electron chi connectivity index (χ4n) is 2.22. The largest absolute Gasteiger partial charge is 0.300 e. The molecule has 0 saturated heterocycles. The highest BCUT2D eigenvalue weighted by Gasteiger charge is 2.17. The van der Waals surface area contributed by atoms with Crippen molar-refractivity contribution in [2.75, 3.05) is 5.32 Å². The molecular formula is C17H22FN3OS2. The molecule has 0 aliphatic rings. The Morgan fingerprint density at radius 1 is 1.29 bits per heavy atom. The Balaban J connectivity index is 1.85. The van der Waals surface area contributed by atoms with Crippen LogP contribution in [0.15, 0.2) is 28.6 Å². The summed E-state index contributed by atoms with van der Waals surface area (Å²) >= 11 is 2.90.